The van der Waals surface area contributed by atoms with E-state index in [4.69, 9.17) is 17.5 Å². The highest BCUT2D eigenvalue weighted by atomic mass is 32.1. The van der Waals surface area contributed by atoms with Crippen LogP contribution in [-0.2, 0) is 4.79 Å². The molecule has 0 saturated heterocycles. The number of hydrazone groups is 1. The predicted molar refractivity (Wildman–Crippen MR) is 57.1 cm³/mol. The van der Waals surface area contributed by atoms with Crippen LogP contribution in [0.2, 0.25) is 0 Å². The second-order valence-corrected chi connectivity index (χ2v) is 4.07. The molecule has 0 aliphatic heterocycles. The number of amides is 1. The van der Waals surface area contributed by atoms with E-state index in [9.17, 15) is 9.90 Å². The maximum absolute atomic E-state index is 10.8. The van der Waals surface area contributed by atoms with Gasteiger partial charge in [-0.25, -0.2) is 5.43 Å². The SMILES string of the molecule is N#CCC(=O)NN=Cc1sc(=S)[nH]c1O. The first-order chi connectivity index (χ1) is 7.13. The normalized spacial score (nSPS) is 10.1. The van der Waals surface area contributed by atoms with Crippen molar-refractivity contribution in [2.24, 2.45) is 5.10 Å². The summed E-state index contributed by atoms with van der Waals surface area (Å²) in [5, 5.41) is 21.0. The minimum Gasteiger partial charge on any atom is -0.494 e. The first-order valence-corrected chi connectivity index (χ1v) is 4.97. The minimum atomic E-state index is -0.507. The van der Waals surface area contributed by atoms with E-state index in [1.54, 1.807) is 6.07 Å². The zero-order chi connectivity index (χ0) is 11.3. The molecule has 1 rings (SSSR count). The van der Waals surface area contributed by atoms with Crippen molar-refractivity contribution in [2.75, 3.05) is 0 Å². The lowest BCUT2D eigenvalue weighted by atomic mass is 10.5. The van der Waals surface area contributed by atoms with Crippen LogP contribution >= 0.6 is 23.6 Å². The van der Waals surface area contributed by atoms with Gasteiger partial charge in [0.25, 0.3) is 5.91 Å². The second-order valence-electron chi connectivity index (χ2n) is 2.36. The molecule has 78 valence electrons. The number of nitrogens with one attached hydrogen (secondary N) is 2. The van der Waals surface area contributed by atoms with E-state index in [2.05, 4.69) is 15.5 Å². The zero-order valence-corrected chi connectivity index (χ0v) is 8.98. The third-order valence-corrected chi connectivity index (χ3v) is 2.43. The van der Waals surface area contributed by atoms with Crippen LogP contribution in [0.5, 0.6) is 5.88 Å². The number of aromatic nitrogens is 1. The largest absolute Gasteiger partial charge is 0.494 e. The highest BCUT2D eigenvalue weighted by Gasteiger charge is 2.01. The quantitative estimate of drug-likeness (QED) is 0.416. The summed E-state index contributed by atoms with van der Waals surface area (Å²) >= 11 is 5.90. The predicted octanol–water partition coefficient (Wildman–Crippen LogP) is 0.875. The number of nitriles is 1. The fraction of sp³-hybridized carbons (Fsp3) is 0.143. The van der Waals surface area contributed by atoms with E-state index >= 15 is 0 Å². The summed E-state index contributed by atoms with van der Waals surface area (Å²) in [6.45, 7) is 0. The molecule has 0 bridgehead atoms. The van der Waals surface area contributed by atoms with Gasteiger partial charge in [-0.05, 0) is 12.2 Å². The molecule has 0 atom stereocenters. The van der Waals surface area contributed by atoms with Crippen LogP contribution in [0, 0.1) is 15.3 Å². The Morgan fingerprint density at radius 2 is 2.60 bits per heavy atom. The topological polar surface area (TPSA) is 101 Å². The molecule has 0 aliphatic carbocycles. The monoisotopic (exact) mass is 242 g/mol. The Kier molecular flexibility index (Phi) is 3.96. The first kappa shape index (κ1) is 11.4. The van der Waals surface area contributed by atoms with E-state index in [-0.39, 0.29) is 12.3 Å². The highest BCUT2D eigenvalue weighted by molar-refractivity contribution is 7.73. The number of carbonyl (C=O) groups is 1. The molecule has 0 fully saturated rings. The van der Waals surface area contributed by atoms with Gasteiger partial charge in [0.1, 0.15) is 11.3 Å². The number of aromatic amines is 1. The van der Waals surface area contributed by atoms with Gasteiger partial charge in [-0.15, -0.1) is 0 Å². The third kappa shape index (κ3) is 3.49. The van der Waals surface area contributed by atoms with Crippen LogP contribution in [0.1, 0.15) is 11.3 Å². The van der Waals surface area contributed by atoms with Crippen LogP contribution in [0.4, 0.5) is 0 Å². The van der Waals surface area contributed by atoms with Crippen LogP contribution in [-0.4, -0.2) is 22.2 Å². The fourth-order valence-corrected chi connectivity index (χ4v) is 1.66. The number of H-pyrrole nitrogens is 1. The number of rotatable bonds is 3. The Hall–Kier alpha value is -1.72. The van der Waals surface area contributed by atoms with E-state index in [1.165, 1.54) is 6.21 Å². The van der Waals surface area contributed by atoms with Gasteiger partial charge in [0.05, 0.1) is 12.3 Å². The molecular weight excluding hydrogens is 236 g/mol. The molecule has 8 heteroatoms. The van der Waals surface area contributed by atoms with Crippen molar-refractivity contribution in [1.82, 2.24) is 10.4 Å². The second kappa shape index (κ2) is 5.23. The van der Waals surface area contributed by atoms with Crippen molar-refractivity contribution < 1.29 is 9.90 Å². The van der Waals surface area contributed by atoms with Gasteiger partial charge in [-0.2, -0.15) is 10.4 Å². The van der Waals surface area contributed by atoms with Gasteiger partial charge >= 0.3 is 0 Å². The Morgan fingerprint density at radius 1 is 1.87 bits per heavy atom. The molecule has 0 aliphatic rings. The number of nitrogens with zero attached hydrogens (tertiary/aromatic N) is 2. The molecular formula is C7H6N4O2S2. The summed E-state index contributed by atoms with van der Waals surface area (Å²) in [5.74, 6) is -0.601. The number of thiazole rings is 1. The van der Waals surface area contributed by atoms with E-state index < -0.39 is 5.91 Å². The van der Waals surface area contributed by atoms with Gasteiger partial charge in [-0.3, -0.25) is 4.79 Å². The molecule has 1 amide bonds. The maximum Gasteiger partial charge on any atom is 0.254 e. The van der Waals surface area contributed by atoms with Gasteiger partial charge in [0.15, 0.2) is 3.95 Å². The summed E-state index contributed by atoms with van der Waals surface area (Å²) in [4.78, 5) is 13.7. The molecule has 0 aromatic carbocycles. The van der Waals surface area contributed by atoms with Crippen LogP contribution in [0.25, 0.3) is 0 Å². The average Bonchev–Trinajstić information content (AvgIpc) is 2.46. The summed E-state index contributed by atoms with van der Waals surface area (Å²) in [5.41, 5.74) is 2.12. The number of hydrogen-bond acceptors (Lipinski definition) is 6. The van der Waals surface area contributed by atoms with Gasteiger partial charge in [0.2, 0.25) is 5.88 Å². The zero-order valence-electron chi connectivity index (χ0n) is 7.35. The lowest BCUT2D eigenvalue weighted by Gasteiger charge is -1.91. The highest BCUT2D eigenvalue weighted by Crippen LogP contribution is 2.18. The van der Waals surface area contributed by atoms with E-state index in [0.717, 1.165) is 11.3 Å². The molecule has 0 radical (unpaired) electrons. The van der Waals surface area contributed by atoms with Gasteiger partial charge < -0.3 is 10.1 Å². The Morgan fingerprint density at radius 3 is 3.13 bits per heavy atom. The lowest BCUT2D eigenvalue weighted by molar-refractivity contribution is -0.120. The third-order valence-electron chi connectivity index (χ3n) is 1.27. The summed E-state index contributed by atoms with van der Waals surface area (Å²) < 4.78 is 0.414. The van der Waals surface area contributed by atoms with E-state index in [1.807, 2.05) is 0 Å². The smallest absolute Gasteiger partial charge is 0.254 e. The first-order valence-electron chi connectivity index (χ1n) is 3.74. The van der Waals surface area contributed by atoms with Crippen molar-refractivity contribution in [3.8, 4) is 11.9 Å². The van der Waals surface area contributed by atoms with Crippen LogP contribution in [0.15, 0.2) is 5.10 Å². The standard InChI is InChI=1S/C7H6N4O2S2/c8-2-1-5(12)11-9-3-4-6(13)10-7(14)15-4/h3,13H,1H2,(H,10,14)(H,11,12). The van der Waals surface area contributed by atoms with Crippen LogP contribution < -0.4 is 5.43 Å². The van der Waals surface area contributed by atoms with Gasteiger partial charge in [0, 0.05) is 0 Å². The Balaban J connectivity index is 2.59. The number of hydrogen-bond donors (Lipinski definition) is 3. The molecule has 6 nitrogen and oxygen atoms in total. The summed E-state index contributed by atoms with van der Waals surface area (Å²) in [6.07, 6.45) is 0.994. The van der Waals surface area contributed by atoms with Crippen molar-refractivity contribution >= 4 is 35.7 Å². The maximum atomic E-state index is 10.8. The summed E-state index contributed by atoms with van der Waals surface area (Å²) in [6, 6.07) is 1.68. The number of aromatic hydroxyl groups is 1. The minimum absolute atomic E-state index is 0.0942. The van der Waals surface area contributed by atoms with Crippen LogP contribution in [0.3, 0.4) is 0 Å². The van der Waals surface area contributed by atoms with Gasteiger partial charge in [-0.1, -0.05) is 11.3 Å². The Bertz CT molecular complexity index is 482. The molecule has 0 unspecified atom stereocenters. The Labute approximate surface area is 93.9 Å². The molecule has 1 aromatic heterocycles. The van der Waals surface area contributed by atoms with Crippen molar-refractivity contribution in [2.45, 2.75) is 6.42 Å². The fourth-order valence-electron chi connectivity index (χ4n) is 0.694. The molecule has 15 heavy (non-hydrogen) atoms. The summed E-state index contributed by atoms with van der Waals surface area (Å²) in [7, 11) is 0. The average molecular weight is 242 g/mol. The lowest BCUT2D eigenvalue weighted by Crippen LogP contribution is -2.15. The van der Waals surface area contributed by atoms with Crippen molar-refractivity contribution in [1.29, 1.82) is 5.26 Å². The van der Waals surface area contributed by atoms with Crippen molar-refractivity contribution in [3.05, 3.63) is 8.83 Å². The van der Waals surface area contributed by atoms with E-state index in [0.29, 0.717) is 8.83 Å². The van der Waals surface area contributed by atoms with Crippen molar-refractivity contribution in [3.63, 3.8) is 0 Å². The molecule has 0 saturated carbocycles. The molecule has 1 heterocycles. The molecule has 0 spiro atoms. The number of carbonyl (C=O) groups excluding carboxylic acids is 1. The molecule has 3 N–H and O–H groups in total. The molecule has 1 aromatic rings.